The lowest BCUT2D eigenvalue weighted by molar-refractivity contribution is 0.594. The van der Waals surface area contributed by atoms with E-state index in [-0.39, 0.29) is 71.7 Å². The molecule has 0 bridgehead atoms. The Morgan fingerprint density at radius 1 is 0.431 bits per heavy atom. The molecular weight excluding hydrogens is 633 g/mol. The van der Waals surface area contributed by atoms with Gasteiger partial charge >= 0.3 is 0 Å². The Kier molecular flexibility index (Phi) is 5.65. The molecule has 0 spiro atoms. The third-order valence-corrected chi connectivity index (χ3v) is 14.6. The smallest absolute Gasteiger partial charge is 0.179 e. The minimum atomic E-state index is -3.16. The summed E-state index contributed by atoms with van der Waals surface area (Å²) in [6, 6.07) is 34.6. The topological polar surface area (TPSA) is 9.86 Å². The third kappa shape index (κ3) is 5.57. The number of rotatable bonds is 6. The van der Waals surface area contributed by atoms with Gasteiger partial charge in [0.1, 0.15) is 0 Å². The molecule has 8 rings (SSSR count). The molecule has 0 aliphatic heterocycles. The van der Waals surface area contributed by atoms with E-state index in [2.05, 4.69) is 48.5 Å². The molecule has 0 aliphatic carbocycles. The molecule has 0 atom stereocenters. The molecule has 3 heteroatoms. The SMILES string of the molecule is [2H]c1c([2H])c([2H])c2c(c1[2H])c(C(C)(C)C)c([2H])n2-c1ccc([Si](c2ccccc2)(c2ccccc2)c2ccc(-n3c([2H])c(C(C)(C)C)c4c([2H])c([2H])c([2H])c([2H])c43)cc2)cc1. The zero-order valence-electron chi connectivity index (χ0n) is 39.8. The maximum Gasteiger partial charge on any atom is 0.179 e. The molecule has 2 heterocycles. The summed E-state index contributed by atoms with van der Waals surface area (Å²) in [6.45, 7) is 11.7. The Morgan fingerprint density at radius 3 is 1.12 bits per heavy atom. The van der Waals surface area contributed by atoms with Crippen molar-refractivity contribution in [3.63, 3.8) is 0 Å². The van der Waals surface area contributed by atoms with Crippen LogP contribution in [0.1, 0.15) is 66.4 Å². The zero-order chi connectivity index (χ0) is 44.1. The molecule has 0 N–H and O–H groups in total. The van der Waals surface area contributed by atoms with Crippen molar-refractivity contribution in [1.82, 2.24) is 9.13 Å². The highest BCUT2D eigenvalue weighted by Gasteiger charge is 2.41. The van der Waals surface area contributed by atoms with Gasteiger partial charge in [-0.05, 0) is 79.1 Å². The fraction of sp³-hybridized carbons (Fsp3) is 0.167. The van der Waals surface area contributed by atoms with E-state index >= 15 is 0 Å². The number of hydrogen-bond acceptors (Lipinski definition) is 0. The number of aromatic nitrogens is 2. The lowest BCUT2D eigenvalue weighted by Gasteiger charge is -2.34. The monoisotopic (exact) mass is 688 g/mol. The van der Waals surface area contributed by atoms with Gasteiger partial charge in [-0.2, -0.15) is 0 Å². The Hall–Kier alpha value is -5.38. The van der Waals surface area contributed by atoms with E-state index in [1.165, 1.54) is 0 Å². The molecule has 0 saturated carbocycles. The van der Waals surface area contributed by atoms with Crippen LogP contribution >= 0.6 is 0 Å². The Labute approximate surface area is 317 Å². The second-order valence-corrected chi connectivity index (χ2v) is 19.0. The van der Waals surface area contributed by atoms with Crippen molar-refractivity contribution in [2.45, 2.75) is 52.4 Å². The first kappa shape index (κ1) is 23.2. The molecule has 0 fully saturated rings. The Balaban J connectivity index is 1.38. The summed E-state index contributed by atoms with van der Waals surface area (Å²) < 4.78 is 91.9. The molecule has 252 valence electrons. The van der Waals surface area contributed by atoms with E-state index in [1.54, 1.807) is 9.13 Å². The van der Waals surface area contributed by atoms with Crippen LogP contribution < -0.4 is 20.7 Å². The second-order valence-electron chi connectivity index (χ2n) is 15.2. The van der Waals surface area contributed by atoms with Gasteiger partial charge in [-0.25, -0.2) is 0 Å². The van der Waals surface area contributed by atoms with Crippen molar-refractivity contribution in [2.75, 3.05) is 0 Å². The maximum atomic E-state index is 9.45. The van der Waals surface area contributed by atoms with E-state index in [4.69, 9.17) is 11.0 Å². The largest absolute Gasteiger partial charge is 0.316 e. The van der Waals surface area contributed by atoms with Gasteiger partial charge in [-0.15, -0.1) is 0 Å². The van der Waals surface area contributed by atoms with Gasteiger partial charge in [0.2, 0.25) is 0 Å². The molecule has 0 unspecified atom stereocenters. The van der Waals surface area contributed by atoms with Gasteiger partial charge in [-0.3, -0.25) is 0 Å². The second kappa shape index (κ2) is 12.4. The molecule has 2 aromatic heterocycles. The van der Waals surface area contributed by atoms with Crippen molar-refractivity contribution in [3.05, 3.63) is 181 Å². The first-order chi connectivity index (χ1) is 28.7. The predicted octanol–water partition coefficient (Wildman–Crippen LogP) is 9.55. The highest BCUT2D eigenvalue weighted by Crippen LogP contribution is 2.34. The summed E-state index contributed by atoms with van der Waals surface area (Å²) in [4.78, 5) is 0. The van der Waals surface area contributed by atoms with Crippen LogP contribution in [0.5, 0.6) is 0 Å². The summed E-state index contributed by atoms with van der Waals surface area (Å²) in [5.74, 6) is 0. The minimum Gasteiger partial charge on any atom is -0.316 e. The van der Waals surface area contributed by atoms with Gasteiger partial charge in [0, 0.05) is 34.5 Å². The van der Waals surface area contributed by atoms with Gasteiger partial charge in [0.15, 0.2) is 8.07 Å². The summed E-state index contributed by atoms with van der Waals surface area (Å²) in [7, 11) is -3.16. The van der Waals surface area contributed by atoms with Crippen molar-refractivity contribution in [3.8, 4) is 11.4 Å². The summed E-state index contributed by atoms with van der Waals surface area (Å²) in [5.41, 5.74) is 1.65. The minimum absolute atomic E-state index is 0.109. The highest BCUT2D eigenvalue weighted by molar-refractivity contribution is 7.19. The van der Waals surface area contributed by atoms with Gasteiger partial charge in [0.25, 0.3) is 0 Å². The summed E-state index contributed by atoms with van der Waals surface area (Å²) in [6.07, 6.45) is 0.219. The average molecular weight is 689 g/mol. The Morgan fingerprint density at radius 2 is 0.765 bits per heavy atom. The zero-order valence-corrected chi connectivity index (χ0v) is 30.8. The predicted molar refractivity (Wildman–Crippen MR) is 221 cm³/mol. The summed E-state index contributed by atoms with van der Waals surface area (Å²) >= 11 is 0. The van der Waals surface area contributed by atoms with Crippen LogP contribution in [-0.2, 0) is 10.8 Å². The molecule has 51 heavy (non-hydrogen) atoms. The lowest BCUT2D eigenvalue weighted by Crippen LogP contribution is -2.74. The van der Waals surface area contributed by atoms with Gasteiger partial charge in [-0.1, -0.05) is 163 Å². The molecule has 0 saturated heterocycles. The first-order valence-electron chi connectivity index (χ1n) is 22.3. The number of para-hydroxylation sites is 2. The Bertz CT molecular complexity index is 2810. The average Bonchev–Trinajstić information content (AvgIpc) is 3.74. The van der Waals surface area contributed by atoms with Crippen molar-refractivity contribution in [2.24, 2.45) is 0 Å². The first-order valence-corrected chi connectivity index (χ1v) is 19.3. The maximum absolute atomic E-state index is 9.45. The van der Waals surface area contributed by atoms with E-state index in [0.29, 0.717) is 33.3 Å². The van der Waals surface area contributed by atoms with Crippen LogP contribution in [0.3, 0.4) is 0 Å². The summed E-state index contributed by atoms with van der Waals surface area (Å²) in [5, 5.41) is 4.96. The van der Waals surface area contributed by atoms with E-state index in [0.717, 1.165) is 20.7 Å². The van der Waals surface area contributed by atoms with Gasteiger partial charge in [0.05, 0.1) is 24.7 Å². The highest BCUT2D eigenvalue weighted by atomic mass is 28.3. The number of benzene rings is 6. The van der Waals surface area contributed by atoms with Crippen LogP contribution in [0.25, 0.3) is 33.2 Å². The number of hydrogen-bond donors (Lipinski definition) is 0. The molecule has 6 aromatic carbocycles. The number of nitrogens with zero attached hydrogens (tertiary/aromatic N) is 2. The van der Waals surface area contributed by atoms with Crippen molar-refractivity contribution in [1.29, 1.82) is 0 Å². The van der Waals surface area contributed by atoms with E-state index in [1.807, 2.05) is 102 Å². The molecule has 0 aliphatic rings. The van der Waals surface area contributed by atoms with Crippen LogP contribution in [0.4, 0.5) is 0 Å². The van der Waals surface area contributed by atoms with Gasteiger partial charge < -0.3 is 9.13 Å². The van der Waals surface area contributed by atoms with Crippen LogP contribution in [0, 0.1) is 0 Å². The molecule has 8 aromatic rings. The van der Waals surface area contributed by atoms with Crippen molar-refractivity contribution >= 4 is 50.6 Å². The quantitative estimate of drug-likeness (QED) is 0.122. The fourth-order valence-corrected chi connectivity index (χ4v) is 12.0. The molecule has 0 amide bonds. The lowest BCUT2D eigenvalue weighted by atomic mass is 9.87. The molecular formula is C48H46N2Si. The third-order valence-electron chi connectivity index (χ3n) is 9.76. The van der Waals surface area contributed by atoms with E-state index < -0.39 is 18.9 Å². The van der Waals surface area contributed by atoms with Crippen molar-refractivity contribution < 1.29 is 13.7 Å². The van der Waals surface area contributed by atoms with Crippen LogP contribution in [-0.4, -0.2) is 17.2 Å². The molecule has 2 nitrogen and oxygen atoms in total. The normalized spacial score (nSPS) is 15.3. The molecule has 0 radical (unpaired) electrons. The fourth-order valence-electron chi connectivity index (χ4n) is 7.33. The van der Waals surface area contributed by atoms with Crippen LogP contribution in [0.2, 0.25) is 0 Å². The number of fused-ring (bicyclic) bond motifs is 2. The van der Waals surface area contributed by atoms with E-state index in [9.17, 15) is 2.74 Å². The standard InChI is InChI=1S/C48H46N2Si/c1-47(2,3)43-33-49(45-23-15-13-21-41(43)45)35-25-29-39(30-26-35)51(37-17-9-7-10-18-37,38-19-11-8-12-20-38)40-31-27-36(28-32-40)50-34-44(48(4,5)6)42-22-14-16-24-46(42)50/h7-34H,1-6H3/i13D,14D,15D,16D,21D,22D,23D,24D,33D,34D. The van der Waals surface area contributed by atoms with Crippen LogP contribution in [0.15, 0.2) is 170 Å².